The van der Waals surface area contributed by atoms with Gasteiger partial charge in [-0.3, -0.25) is 0 Å². The third-order valence-electron chi connectivity index (χ3n) is 2.76. The van der Waals surface area contributed by atoms with E-state index in [4.69, 9.17) is 4.74 Å². The Morgan fingerprint density at radius 1 is 0.812 bits per heavy atom. The van der Waals surface area contributed by atoms with E-state index in [1.807, 2.05) is 24.3 Å². The highest BCUT2D eigenvalue weighted by Crippen LogP contribution is 2.42. The van der Waals surface area contributed by atoms with E-state index in [9.17, 15) is 0 Å². The summed E-state index contributed by atoms with van der Waals surface area (Å²) in [5.74, 6) is 1.80. The minimum absolute atomic E-state index is 0.901. The molecule has 1 heterocycles. The zero-order valence-electron chi connectivity index (χ0n) is 9.37. The van der Waals surface area contributed by atoms with E-state index in [1.165, 1.54) is 11.1 Å². The lowest BCUT2D eigenvalue weighted by atomic mass is 10.1. The predicted molar refractivity (Wildman–Crippen MR) is 65.7 cm³/mol. The van der Waals surface area contributed by atoms with Gasteiger partial charge in [0.15, 0.2) is 11.5 Å². The van der Waals surface area contributed by atoms with Crippen LogP contribution in [-0.4, -0.2) is 0 Å². The Balaban J connectivity index is 2.10. The lowest BCUT2D eigenvalue weighted by molar-refractivity contribution is 0.480. The van der Waals surface area contributed by atoms with Gasteiger partial charge in [-0.25, -0.2) is 0 Å². The molecule has 0 spiro atoms. The number of hydrogen-bond donors (Lipinski definition) is 1. The summed E-state index contributed by atoms with van der Waals surface area (Å²) in [4.78, 5) is 0. The van der Waals surface area contributed by atoms with Gasteiger partial charge < -0.3 is 10.1 Å². The molecular weight excluding hydrogens is 198 g/mol. The first-order chi connectivity index (χ1) is 7.72. The number of aryl methyl sites for hydroxylation is 2. The van der Waals surface area contributed by atoms with Crippen molar-refractivity contribution in [2.24, 2.45) is 0 Å². The van der Waals surface area contributed by atoms with Crippen LogP contribution in [0.15, 0.2) is 36.4 Å². The van der Waals surface area contributed by atoms with Gasteiger partial charge in [-0.2, -0.15) is 0 Å². The van der Waals surface area contributed by atoms with Crippen LogP contribution in [0.3, 0.4) is 0 Å². The molecule has 2 aromatic carbocycles. The van der Waals surface area contributed by atoms with Gasteiger partial charge in [0.05, 0.1) is 11.4 Å². The lowest BCUT2D eigenvalue weighted by Gasteiger charge is -2.22. The van der Waals surface area contributed by atoms with Crippen LogP contribution in [0, 0.1) is 13.8 Å². The van der Waals surface area contributed by atoms with Crippen LogP contribution in [0.5, 0.6) is 11.5 Å². The summed E-state index contributed by atoms with van der Waals surface area (Å²) < 4.78 is 5.88. The third kappa shape index (κ3) is 1.43. The molecule has 0 atom stereocenters. The monoisotopic (exact) mass is 211 g/mol. The molecule has 1 aliphatic heterocycles. The van der Waals surface area contributed by atoms with E-state index >= 15 is 0 Å². The molecule has 2 nitrogen and oxygen atoms in total. The minimum atomic E-state index is 0.901. The second-order valence-corrected chi connectivity index (χ2v) is 4.23. The molecule has 0 fully saturated rings. The minimum Gasteiger partial charge on any atom is -0.453 e. The number of hydrogen-bond acceptors (Lipinski definition) is 2. The second kappa shape index (κ2) is 3.27. The van der Waals surface area contributed by atoms with Gasteiger partial charge in [-0.15, -0.1) is 0 Å². The number of benzene rings is 2. The predicted octanol–water partition coefficient (Wildman–Crippen LogP) is 4.15. The Bertz CT molecular complexity index is 511. The van der Waals surface area contributed by atoms with Crippen LogP contribution >= 0.6 is 0 Å². The van der Waals surface area contributed by atoms with E-state index in [2.05, 4.69) is 31.3 Å². The van der Waals surface area contributed by atoms with Crippen molar-refractivity contribution in [2.45, 2.75) is 13.8 Å². The molecular formula is C14H13NO. The first-order valence-electron chi connectivity index (χ1n) is 5.38. The Kier molecular flexibility index (Phi) is 1.90. The quantitative estimate of drug-likeness (QED) is 0.603. The van der Waals surface area contributed by atoms with E-state index < -0.39 is 0 Å². The standard InChI is InChI=1S/C14H13NO/c1-9-3-5-11-13(7-9)16-14-8-10(2)4-6-12(14)15-11/h3-8,15H,1-2H3. The molecule has 3 rings (SSSR count). The molecule has 0 bridgehead atoms. The molecule has 2 aromatic rings. The number of nitrogens with one attached hydrogen (secondary N) is 1. The van der Waals surface area contributed by atoms with Crippen molar-refractivity contribution < 1.29 is 4.74 Å². The highest BCUT2D eigenvalue weighted by molar-refractivity contribution is 5.75. The van der Waals surface area contributed by atoms with Gasteiger partial charge in [-0.1, -0.05) is 12.1 Å². The molecule has 1 aliphatic rings. The molecule has 2 heteroatoms. The van der Waals surface area contributed by atoms with Gasteiger partial charge >= 0.3 is 0 Å². The molecule has 0 saturated carbocycles. The highest BCUT2D eigenvalue weighted by Gasteiger charge is 2.15. The van der Waals surface area contributed by atoms with Gasteiger partial charge in [0.1, 0.15) is 0 Å². The Morgan fingerprint density at radius 3 is 1.81 bits per heavy atom. The molecule has 0 saturated heterocycles. The average molecular weight is 211 g/mol. The van der Waals surface area contributed by atoms with Crippen LogP contribution in [0.2, 0.25) is 0 Å². The zero-order chi connectivity index (χ0) is 11.1. The molecule has 80 valence electrons. The van der Waals surface area contributed by atoms with Gasteiger partial charge in [0.2, 0.25) is 0 Å². The Morgan fingerprint density at radius 2 is 1.31 bits per heavy atom. The molecule has 0 unspecified atom stereocenters. The number of rotatable bonds is 0. The van der Waals surface area contributed by atoms with Crippen molar-refractivity contribution in [2.75, 3.05) is 5.32 Å². The van der Waals surface area contributed by atoms with E-state index in [0.29, 0.717) is 0 Å². The van der Waals surface area contributed by atoms with Crippen molar-refractivity contribution in [1.82, 2.24) is 0 Å². The maximum absolute atomic E-state index is 5.88. The van der Waals surface area contributed by atoms with Crippen LogP contribution in [-0.2, 0) is 0 Å². The molecule has 0 amide bonds. The fourth-order valence-corrected chi connectivity index (χ4v) is 1.90. The molecule has 0 radical (unpaired) electrons. The van der Waals surface area contributed by atoms with E-state index in [-0.39, 0.29) is 0 Å². The Hall–Kier alpha value is -1.96. The normalized spacial score (nSPS) is 12.1. The number of fused-ring (bicyclic) bond motifs is 2. The first kappa shape index (κ1) is 9.28. The first-order valence-corrected chi connectivity index (χ1v) is 5.38. The summed E-state index contributed by atoms with van der Waals surface area (Å²) >= 11 is 0. The van der Waals surface area contributed by atoms with Crippen molar-refractivity contribution in [3.63, 3.8) is 0 Å². The summed E-state index contributed by atoms with van der Waals surface area (Å²) in [6.45, 7) is 4.13. The second-order valence-electron chi connectivity index (χ2n) is 4.23. The largest absolute Gasteiger partial charge is 0.453 e. The summed E-state index contributed by atoms with van der Waals surface area (Å²) in [7, 11) is 0. The fourth-order valence-electron chi connectivity index (χ4n) is 1.90. The SMILES string of the molecule is Cc1ccc2c(c1)Oc1cc(C)ccc1N2. The summed E-state index contributed by atoms with van der Waals surface area (Å²) in [6.07, 6.45) is 0. The topological polar surface area (TPSA) is 21.3 Å². The zero-order valence-corrected chi connectivity index (χ0v) is 9.37. The Labute approximate surface area is 94.9 Å². The maximum atomic E-state index is 5.88. The van der Waals surface area contributed by atoms with Gasteiger partial charge in [-0.05, 0) is 49.2 Å². The summed E-state index contributed by atoms with van der Waals surface area (Å²) in [5, 5.41) is 3.37. The fraction of sp³-hybridized carbons (Fsp3) is 0.143. The number of anilines is 2. The average Bonchev–Trinajstić information content (AvgIpc) is 2.26. The van der Waals surface area contributed by atoms with Crippen molar-refractivity contribution in [1.29, 1.82) is 0 Å². The van der Waals surface area contributed by atoms with Crippen molar-refractivity contribution in [3.8, 4) is 11.5 Å². The van der Waals surface area contributed by atoms with Crippen LogP contribution in [0.4, 0.5) is 11.4 Å². The van der Waals surface area contributed by atoms with Gasteiger partial charge in [0.25, 0.3) is 0 Å². The van der Waals surface area contributed by atoms with E-state index in [0.717, 1.165) is 22.9 Å². The summed E-state index contributed by atoms with van der Waals surface area (Å²) in [5.41, 5.74) is 4.47. The molecule has 16 heavy (non-hydrogen) atoms. The highest BCUT2D eigenvalue weighted by atomic mass is 16.5. The lowest BCUT2D eigenvalue weighted by Crippen LogP contribution is -2.02. The maximum Gasteiger partial charge on any atom is 0.151 e. The van der Waals surface area contributed by atoms with Crippen LogP contribution < -0.4 is 10.1 Å². The third-order valence-corrected chi connectivity index (χ3v) is 2.76. The molecule has 0 aliphatic carbocycles. The number of ether oxygens (including phenoxy) is 1. The molecule has 0 aromatic heterocycles. The van der Waals surface area contributed by atoms with Crippen molar-refractivity contribution in [3.05, 3.63) is 47.5 Å². The van der Waals surface area contributed by atoms with Gasteiger partial charge in [0, 0.05) is 0 Å². The smallest absolute Gasteiger partial charge is 0.151 e. The molecule has 1 N–H and O–H groups in total. The summed E-state index contributed by atoms with van der Waals surface area (Å²) in [6, 6.07) is 12.4. The van der Waals surface area contributed by atoms with E-state index in [1.54, 1.807) is 0 Å². The van der Waals surface area contributed by atoms with Crippen LogP contribution in [0.25, 0.3) is 0 Å². The van der Waals surface area contributed by atoms with Crippen molar-refractivity contribution >= 4 is 11.4 Å². The van der Waals surface area contributed by atoms with Crippen LogP contribution in [0.1, 0.15) is 11.1 Å².